The minimum atomic E-state index is -0.554. The first-order valence-electron chi connectivity index (χ1n) is 8.27. The first-order chi connectivity index (χ1) is 12.1. The van der Waals surface area contributed by atoms with Crippen LogP contribution >= 0.6 is 11.8 Å². The summed E-state index contributed by atoms with van der Waals surface area (Å²) in [5.41, 5.74) is 0. The Morgan fingerprint density at radius 2 is 2.08 bits per heavy atom. The second-order valence-electron chi connectivity index (χ2n) is 5.91. The minimum absolute atomic E-state index is 0.149. The molecule has 134 valence electrons. The van der Waals surface area contributed by atoms with Crippen LogP contribution in [0.2, 0.25) is 0 Å². The van der Waals surface area contributed by atoms with Crippen molar-refractivity contribution in [2.45, 2.75) is 55.5 Å². The van der Waals surface area contributed by atoms with Gasteiger partial charge < -0.3 is 14.2 Å². The molecule has 1 saturated carbocycles. The maximum atomic E-state index is 12.1. The lowest BCUT2D eigenvalue weighted by atomic mass is 9.96. The molecule has 2 heterocycles. The molecule has 2 aromatic rings. The number of urea groups is 1. The van der Waals surface area contributed by atoms with Crippen molar-refractivity contribution in [3.63, 3.8) is 0 Å². The van der Waals surface area contributed by atoms with E-state index in [4.69, 9.17) is 8.83 Å². The van der Waals surface area contributed by atoms with Gasteiger partial charge in [-0.3, -0.25) is 10.1 Å². The zero-order chi connectivity index (χ0) is 17.6. The van der Waals surface area contributed by atoms with Crippen molar-refractivity contribution < 1.29 is 18.4 Å². The zero-order valence-electron chi connectivity index (χ0n) is 13.9. The van der Waals surface area contributed by atoms with Gasteiger partial charge in [0, 0.05) is 6.04 Å². The van der Waals surface area contributed by atoms with E-state index < -0.39 is 17.2 Å². The highest BCUT2D eigenvalue weighted by Gasteiger charge is 2.22. The number of aromatic nitrogens is 2. The number of carbonyl (C=O) groups excluding carboxylic acids is 2. The summed E-state index contributed by atoms with van der Waals surface area (Å²) in [6.45, 7) is 1.67. The molecule has 2 aromatic heterocycles. The highest BCUT2D eigenvalue weighted by Crippen LogP contribution is 2.26. The van der Waals surface area contributed by atoms with Gasteiger partial charge in [0.25, 0.3) is 11.1 Å². The Morgan fingerprint density at radius 1 is 1.28 bits per heavy atom. The van der Waals surface area contributed by atoms with Crippen LogP contribution in [0.5, 0.6) is 0 Å². The number of carbonyl (C=O) groups is 2. The maximum Gasteiger partial charge on any atom is 0.321 e. The van der Waals surface area contributed by atoms with Gasteiger partial charge in [-0.05, 0) is 31.9 Å². The smallest absolute Gasteiger partial charge is 0.321 e. The predicted octanol–water partition coefficient (Wildman–Crippen LogP) is 2.97. The molecule has 0 radical (unpaired) electrons. The van der Waals surface area contributed by atoms with Crippen LogP contribution < -0.4 is 10.6 Å². The Labute approximate surface area is 149 Å². The molecule has 3 amide bonds. The molecule has 0 unspecified atom stereocenters. The monoisotopic (exact) mass is 364 g/mol. The number of rotatable bonds is 5. The first kappa shape index (κ1) is 17.5. The van der Waals surface area contributed by atoms with Gasteiger partial charge >= 0.3 is 6.03 Å². The molecule has 0 aliphatic heterocycles. The predicted molar refractivity (Wildman–Crippen MR) is 90.9 cm³/mol. The number of imide groups is 1. The summed E-state index contributed by atoms with van der Waals surface area (Å²) < 4.78 is 10.6. The third kappa shape index (κ3) is 4.85. The molecule has 8 nitrogen and oxygen atoms in total. The number of hydrogen-bond donors (Lipinski definition) is 2. The Kier molecular flexibility index (Phi) is 5.75. The van der Waals surface area contributed by atoms with Crippen LogP contribution in [0, 0.1) is 0 Å². The molecule has 25 heavy (non-hydrogen) atoms. The average Bonchev–Trinajstić information content (AvgIpc) is 3.26. The van der Waals surface area contributed by atoms with Gasteiger partial charge in [-0.25, -0.2) is 4.79 Å². The van der Waals surface area contributed by atoms with Gasteiger partial charge in [-0.15, -0.1) is 10.2 Å². The highest BCUT2D eigenvalue weighted by molar-refractivity contribution is 8.00. The van der Waals surface area contributed by atoms with Crippen molar-refractivity contribution in [2.24, 2.45) is 0 Å². The van der Waals surface area contributed by atoms with Crippen LogP contribution in [0.4, 0.5) is 4.79 Å². The molecule has 9 heteroatoms. The molecule has 0 bridgehead atoms. The van der Waals surface area contributed by atoms with E-state index in [1.165, 1.54) is 12.7 Å². The van der Waals surface area contributed by atoms with Gasteiger partial charge in [0.05, 0.1) is 11.5 Å². The van der Waals surface area contributed by atoms with E-state index >= 15 is 0 Å². The topological polar surface area (TPSA) is 110 Å². The fourth-order valence-corrected chi connectivity index (χ4v) is 3.33. The van der Waals surface area contributed by atoms with Crippen molar-refractivity contribution in [1.29, 1.82) is 0 Å². The zero-order valence-corrected chi connectivity index (χ0v) is 14.7. The third-order valence-electron chi connectivity index (χ3n) is 3.96. The van der Waals surface area contributed by atoms with Crippen molar-refractivity contribution in [2.75, 3.05) is 0 Å². The average molecular weight is 364 g/mol. The van der Waals surface area contributed by atoms with Crippen LogP contribution in [-0.4, -0.2) is 33.4 Å². The standard InChI is InChI=1S/C16H20N4O4S/c1-10(13(21)18-15(22)17-11-6-3-2-4-7-11)25-16-20-19-14(24-16)12-8-5-9-23-12/h5,8-11H,2-4,6-7H2,1H3,(H2,17,18,21,22)/t10-/m1/s1. The van der Waals surface area contributed by atoms with Crippen LogP contribution in [0.25, 0.3) is 11.7 Å². The Hall–Kier alpha value is -2.29. The summed E-state index contributed by atoms with van der Waals surface area (Å²) in [6.07, 6.45) is 6.86. The summed E-state index contributed by atoms with van der Waals surface area (Å²) >= 11 is 1.08. The molecule has 1 fully saturated rings. The number of nitrogens with one attached hydrogen (secondary N) is 2. The van der Waals surface area contributed by atoms with E-state index in [-0.39, 0.29) is 17.2 Å². The fraction of sp³-hybridized carbons (Fsp3) is 0.500. The largest absolute Gasteiger partial charge is 0.459 e. The van der Waals surface area contributed by atoms with Crippen LogP contribution in [0.1, 0.15) is 39.0 Å². The van der Waals surface area contributed by atoms with E-state index in [2.05, 4.69) is 20.8 Å². The van der Waals surface area contributed by atoms with Crippen LogP contribution in [-0.2, 0) is 4.79 Å². The maximum absolute atomic E-state index is 12.1. The van der Waals surface area contributed by atoms with Crippen molar-refractivity contribution >= 4 is 23.7 Å². The van der Waals surface area contributed by atoms with Gasteiger partial charge in [0.1, 0.15) is 0 Å². The SMILES string of the molecule is C[C@@H](Sc1nnc(-c2ccco2)o1)C(=O)NC(=O)NC1CCCCC1. The Morgan fingerprint density at radius 3 is 2.80 bits per heavy atom. The molecule has 1 aliphatic rings. The van der Waals surface area contributed by atoms with Gasteiger partial charge in [0.15, 0.2) is 5.76 Å². The molecule has 0 aromatic carbocycles. The first-order valence-corrected chi connectivity index (χ1v) is 9.15. The quantitative estimate of drug-likeness (QED) is 0.785. The van der Waals surface area contributed by atoms with E-state index in [1.54, 1.807) is 19.1 Å². The summed E-state index contributed by atoms with van der Waals surface area (Å²) in [6, 6.07) is 3.11. The molecule has 0 saturated heterocycles. The second kappa shape index (κ2) is 8.19. The van der Waals surface area contributed by atoms with E-state index in [0.717, 1.165) is 37.4 Å². The summed E-state index contributed by atoms with van der Waals surface area (Å²) in [7, 11) is 0. The Balaban J connectivity index is 1.48. The summed E-state index contributed by atoms with van der Waals surface area (Å²) in [4.78, 5) is 24.1. The highest BCUT2D eigenvalue weighted by atomic mass is 32.2. The van der Waals surface area contributed by atoms with E-state index in [9.17, 15) is 9.59 Å². The lowest BCUT2D eigenvalue weighted by molar-refractivity contribution is -0.119. The molecular formula is C16H20N4O4S. The molecular weight excluding hydrogens is 344 g/mol. The van der Waals surface area contributed by atoms with E-state index in [0.29, 0.717) is 5.76 Å². The van der Waals surface area contributed by atoms with Gasteiger partial charge in [0.2, 0.25) is 5.91 Å². The fourth-order valence-electron chi connectivity index (χ4n) is 2.64. The second-order valence-corrected chi connectivity index (χ2v) is 7.20. The van der Waals surface area contributed by atoms with E-state index in [1.807, 2.05) is 0 Å². The lowest BCUT2D eigenvalue weighted by Gasteiger charge is -2.22. The third-order valence-corrected chi connectivity index (χ3v) is 4.90. The number of hydrogen-bond acceptors (Lipinski definition) is 7. The van der Waals surface area contributed by atoms with Crippen molar-refractivity contribution in [1.82, 2.24) is 20.8 Å². The number of amides is 3. The summed E-state index contributed by atoms with van der Waals surface area (Å²) in [5.74, 6) is 0.300. The van der Waals surface area contributed by atoms with Gasteiger partial charge in [-0.2, -0.15) is 0 Å². The van der Waals surface area contributed by atoms with Crippen molar-refractivity contribution in [3.05, 3.63) is 18.4 Å². The normalized spacial score (nSPS) is 16.4. The molecule has 3 rings (SSSR count). The Bertz CT molecular complexity index is 710. The molecule has 2 N–H and O–H groups in total. The molecule has 1 atom stereocenters. The van der Waals surface area contributed by atoms with Gasteiger partial charge in [-0.1, -0.05) is 31.0 Å². The summed E-state index contributed by atoms with van der Waals surface area (Å²) in [5, 5.41) is 12.6. The number of thioether (sulfide) groups is 1. The number of furan rings is 1. The van der Waals surface area contributed by atoms with Crippen molar-refractivity contribution in [3.8, 4) is 11.7 Å². The van der Waals surface area contributed by atoms with Crippen LogP contribution in [0.15, 0.2) is 32.5 Å². The number of nitrogens with zero attached hydrogens (tertiary/aromatic N) is 2. The molecule has 0 spiro atoms. The minimum Gasteiger partial charge on any atom is -0.459 e. The molecule has 1 aliphatic carbocycles. The van der Waals surface area contributed by atoms with Crippen LogP contribution in [0.3, 0.4) is 0 Å². The lowest BCUT2D eigenvalue weighted by Crippen LogP contribution is -2.47.